The SMILES string of the molecule is Cn1nccc1CN1CCC2(CCCC2C(=O)N2CCCCO2)C1. The summed E-state index contributed by atoms with van der Waals surface area (Å²) in [5.74, 6) is 0.390. The summed E-state index contributed by atoms with van der Waals surface area (Å²) in [5, 5.41) is 5.94. The van der Waals surface area contributed by atoms with E-state index in [9.17, 15) is 4.79 Å². The Morgan fingerprint density at radius 3 is 3.00 bits per heavy atom. The molecule has 132 valence electrons. The van der Waals surface area contributed by atoms with Gasteiger partial charge in [0.2, 0.25) is 5.91 Å². The maximum atomic E-state index is 13.0. The molecule has 6 nitrogen and oxygen atoms in total. The summed E-state index contributed by atoms with van der Waals surface area (Å²) >= 11 is 0. The average molecular weight is 332 g/mol. The summed E-state index contributed by atoms with van der Waals surface area (Å²) in [6.45, 7) is 4.50. The number of carbonyl (C=O) groups is 1. The van der Waals surface area contributed by atoms with Crippen LogP contribution in [0.2, 0.25) is 0 Å². The molecular formula is C18H28N4O2. The summed E-state index contributed by atoms with van der Waals surface area (Å²) in [6, 6.07) is 2.09. The van der Waals surface area contributed by atoms with Crippen LogP contribution in [0.3, 0.4) is 0 Å². The second-order valence-corrected chi connectivity index (χ2v) is 7.69. The van der Waals surface area contributed by atoms with Crippen molar-refractivity contribution in [3.63, 3.8) is 0 Å². The van der Waals surface area contributed by atoms with Crippen molar-refractivity contribution in [2.45, 2.75) is 45.1 Å². The fraction of sp³-hybridized carbons (Fsp3) is 0.778. The molecule has 3 fully saturated rings. The number of carbonyl (C=O) groups excluding carboxylic acids is 1. The van der Waals surface area contributed by atoms with E-state index < -0.39 is 0 Å². The quantitative estimate of drug-likeness (QED) is 0.849. The number of aromatic nitrogens is 2. The van der Waals surface area contributed by atoms with Crippen molar-refractivity contribution < 1.29 is 9.63 Å². The van der Waals surface area contributed by atoms with Crippen molar-refractivity contribution in [1.29, 1.82) is 0 Å². The molecule has 2 atom stereocenters. The Balaban J connectivity index is 1.44. The Bertz CT molecular complexity index is 596. The Morgan fingerprint density at radius 1 is 1.33 bits per heavy atom. The van der Waals surface area contributed by atoms with Gasteiger partial charge in [-0.3, -0.25) is 19.2 Å². The number of hydrogen-bond donors (Lipinski definition) is 0. The molecule has 1 saturated carbocycles. The highest BCUT2D eigenvalue weighted by Gasteiger charge is 2.51. The highest BCUT2D eigenvalue weighted by Crippen LogP contribution is 2.50. The van der Waals surface area contributed by atoms with E-state index in [-0.39, 0.29) is 17.2 Å². The van der Waals surface area contributed by atoms with Gasteiger partial charge in [0.25, 0.3) is 0 Å². The van der Waals surface area contributed by atoms with Crippen LogP contribution in [-0.2, 0) is 23.2 Å². The number of hydroxylamine groups is 2. The minimum atomic E-state index is 0.145. The molecule has 6 heteroatoms. The number of aryl methyl sites for hydroxylation is 1. The van der Waals surface area contributed by atoms with E-state index in [0.29, 0.717) is 6.61 Å². The zero-order valence-electron chi connectivity index (χ0n) is 14.6. The van der Waals surface area contributed by atoms with Gasteiger partial charge in [-0.2, -0.15) is 5.10 Å². The monoisotopic (exact) mass is 332 g/mol. The molecule has 1 aliphatic carbocycles. The van der Waals surface area contributed by atoms with E-state index in [4.69, 9.17) is 4.84 Å². The molecule has 1 amide bonds. The number of amides is 1. The molecule has 1 aromatic heterocycles. The van der Waals surface area contributed by atoms with E-state index in [2.05, 4.69) is 16.1 Å². The van der Waals surface area contributed by atoms with Crippen molar-refractivity contribution in [3.05, 3.63) is 18.0 Å². The average Bonchev–Trinajstić information content (AvgIpc) is 3.31. The van der Waals surface area contributed by atoms with E-state index in [1.165, 1.54) is 18.5 Å². The number of hydrogen-bond acceptors (Lipinski definition) is 4. The molecule has 2 aliphatic heterocycles. The molecular weight excluding hydrogens is 304 g/mol. The van der Waals surface area contributed by atoms with Crippen molar-refractivity contribution in [2.24, 2.45) is 18.4 Å². The van der Waals surface area contributed by atoms with Gasteiger partial charge in [-0.15, -0.1) is 0 Å². The maximum absolute atomic E-state index is 13.0. The second-order valence-electron chi connectivity index (χ2n) is 7.69. The predicted molar refractivity (Wildman–Crippen MR) is 89.8 cm³/mol. The zero-order chi connectivity index (χ0) is 16.6. The van der Waals surface area contributed by atoms with Crippen molar-refractivity contribution in [2.75, 3.05) is 26.2 Å². The highest BCUT2D eigenvalue weighted by molar-refractivity contribution is 5.79. The first-order chi connectivity index (χ1) is 11.7. The highest BCUT2D eigenvalue weighted by atomic mass is 16.7. The first-order valence-electron chi connectivity index (χ1n) is 9.31. The lowest BCUT2D eigenvalue weighted by Gasteiger charge is -2.35. The minimum absolute atomic E-state index is 0.145. The zero-order valence-corrected chi connectivity index (χ0v) is 14.6. The van der Waals surface area contributed by atoms with E-state index in [1.54, 1.807) is 5.06 Å². The fourth-order valence-corrected chi connectivity index (χ4v) is 4.86. The van der Waals surface area contributed by atoms with E-state index in [1.807, 2.05) is 17.9 Å². The summed E-state index contributed by atoms with van der Waals surface area (Å²) in [4.78, 5) is 21.1. The van der Waals surface area contributed by atoms with Gasteiger partial charge in [-0.1, -0.05) is 6.42 Å². The molecule has 1 spiro atoms. The molecule has 0 bridgehead atoms. The van der Waals surface area contributed by atoms with Gasteiger partial charge < -0.3 is 0 Å². The summed E-state index contributed by atoms with van der Waals surface area (Å²) < 4.78 is 1.95. The lowest BCUT2D eigenvalue weighted by Crippen LogP contribution is -2.45. The first kappa shape index (κ1) is 16.1. The number of nitrogens with zero attached hydrogens (tertiary/aromatic N) is 4. The van der Waals surface area contributed by atoms with Crippen LogP contribution >= 0.6 is 0 Å². The van der Waals surface area contributed by atoms with Gasteiger partial charge in [0, 0.05) is 38.8 Å². The fourth-order valence-electron chi connectivity index (χ4n) is 4.86. The van der Waals surface area contributed by atoms with Gasteiger partial charge in [0.1, 0.15) is 0 Å². The minimum Gasteiger partial charge on any atom is -0.297 e. The van der Waals surface area contributed by atoms with Crippen molar-refractivity contribution >= 4 is 5.91 Å². The van der Waals surface area contributed by atoms with Crippen LogP contribution in [-0.4, -0.2) is 51.9 Å². The van der Waals surface area contributed by atoms with Gasteiger partial charge in [0.05, 0.1) is 12.3 Å². The molecule has 1 aromatic rings. The van der Waals surface area contributed by atoms with Crippen LogP contribution in [0.15, 0.2) is 12.3 Å². The topological polar surface area (TPSA) is 50.6 Å². The smallest absolute Gasteiger partial charge is 0.249 e. The summed E-state index contributed by atoms with van der Waals surface area (Å²) in [5.41, 5.74) is 1.41. The van der Waals surface area contributed by atoms with Crippen LogP contribution in [0.5, 0.6) is 0 Å². The maximum Gasteiger partial charge on any atom is 0.249 e. The third-order valence-electron chi connectivity index (χ3n) is 6.23. The van der Waals surface area contributed by atoms with Crippen LogP contribution in [0.4, 0.5) is 0 Å². The molecule has 0 aromatic carbocycles. The number of rotatable bonds is 3. The van der Waals surface area contributed by atoms with Crippen LogP contribution in [0.25, 0.3) is 0 Å². The van der Waals surface area contributed by atoms with Crippen LogP contribution in [0, 0.1) is 11.3 Å². The molecule has 2 unspecified atom stereocenters. The van der Waals surface area contributed by atoms with Gasteiger partial charge >= 0.3 is 0 Å². The van der Waals surface area contributed by atoms with Gasteiger partial charge in [-0.05, 0) is 50.1 Å². The standard InChI is InChI=1S/C18H28N4O2/c1-20-15(6-9-19-20)13-21-11-8-18(14-21)7-4-5-16(18)17(23)22-10-2-3-12-24-22/h6,9,16H,2-5,7-8,10-14H2,1H3. The summed E-state index contributed by atoms with van der Waals surface area (Å²) in [6.07, 6.45) is 8.50. The molecule has 0 radical (unpaired) electrons. The Hall–Kier alpha value is -1.40. The van der Waals surface area contributed by atoms with Crippen LogP contribution < -0.4 is 0 Å². The molecule has 3 aliphatic rings. The number of likely N-dealkylation sites (tertiary alicyclic amines) is 1. The van der Waals surface area contributed by atoms with E-state index >= 15 is 0 Å². The molecule has 2 saturated heterocycles. The Labute approximate surface area is 143 Å². The second kappa shape index (κ2) is 6.48. The molecule has 24 heavy (non-hydrogen) atoms. The Kier molecular flexibility index (Phi) is 4.35. The molecule has 4 rings (SSSR count). The van der Waals surface area contributed by atoms with E-state index in [0.717, 1.165) is 51.9 Å². The molecule has 0 N–H and O–H groups in total. The normalized spacial score (nSPS) is 31.2. The lowest BCUT2D eigenvalue weighted by atomic mass is 9.76. The van der Waals surface area contributed by atoms with Crippen LogP contribution in [0.1, 0.15) is 44.2 Å². The lowest BCUT2D eigenvalue weighted by molar-refractivity contribution is -0.204. The molecule has 3 heterocycles. The third-order valence-corrected chi connectivity index (χ3v) is 6.23. The van der Waals surface area contributed by atoms with Crippen molar-refractivity contribution in [3.8, 4) is 0 Å². The summed E-state index contributed by atoms with van der Waals surface area (Å²) in [7, 11) is 2.00. The van der Waals surface area contributed by atoms with Crippen molar-refractivity contribution in [1.82, 2.24) is 19.7 Å². The predicted octanol–water partition coefficient (Wildman–Crippen LogP) is 1.97. The first-order valence-corrected chi connectivity index (χ1v) is 9.31. The Morgan fingerprint density at radius 2 is 2.25 bits per heavy atom. The van der Waals surface area contributed by atoms with Gasteiger partial charge in [0.15, 0.2) is 0 Å². The van der Waals surface area contributed by atoms with Gasteiger partial charge in [-0.25, -0.2) is 5.06 Å². The largest absolute Gasteiger partial charge is 0.297 e. The third kappa shape index (κ3) is 2.86.